The van der Waals surface area contributed by atoms with E-state index in [2.05, 4.69) is 4.98 Å². The zero-order valence-electron chi connectivity index (χ0n) is 15.3. The van der Waals surface area contributed by atoms with Crippen molar-refractivity contribution >= 4 is 29.3 Å². The molecule has 0 bridgehead atoms. The number of halogens is 2. The largest absolute Gasteiger partial charge is 0.370 e. The van der Waals surface area contributed by atoms with E-state index in [9.17, 15) is 18.4 Å². The summed E-state index contributed by atoms with van der Waals surface area (Å²) in [6.07, 6.45) is 3.21. The van der Waals surface area contributed by atoms with Crippen molar-refractivity contribution < 1.29 is 18.4 Å². The van der Waals surface area contributed by atoms with Gasteiger partial charge in [0.15, 0.2) is 5.16 Å². The Morgan fingerprint density at radius 1 is 1.10 bits per heavy atom. The van der Waals surface area contributed by atoms with E-state index in [1.165, 1.54) is 53.1 Å². The van der Waals surface area contributed by atoms with Crippen LogP contribution in [-0.2, 0) is 9.59 Å². The van der Waals surface area contributed by atoms with Gasteiger partial charge in [-0.25, -0.2) is 13.8 Å². The summed E-state index contributed by atoms with van der Waals surface area (Å²) in [5.74, 6) is -1.63. The number of imidazole rings is 1. The summed E-state index contributed by atoms with van der Waals surface area (Å²) >= 11 is 1.17. The van der Waals surface area contributed by atoms with Gasteiger partial charge in [0.2, 0.25) is 11.8 Å². The molecule has 1 heterocycles. The molecule has 0 saturated carbocycles. The molecule has 2 aromatic carbocycles. The first-order valence-electron chi connectivity index (χ1n) is 8.70. The number of benzene rings is 2. The highest BCUT2D eigenvalue weighted by molar-refractivity contribution is 7.99. The second-order valence-electron chi connectivity index (χ2n) is 6.09. The second kappa shape index (κ2) is 9.33. The number of aromatic nitrogens is 2. The highest BCUT2D eigenvalue weighted by Gasteiger charge is 2.18. The van der Waals surface area contributed by atoms with E-state index in [4.69, 9.17) is 5.73 Å². The van der Waals surface area contributed by atoms with Crippen molar-refractivity contribution in [3.8, 4) is 5.69 Å². The summed E-state index contributed by atoms with van der Waals surface area (Å²) in [7, 11) is 0. The smallest absolute Gasteiger partial charge is 0.237 e. The zero-order valence-corrected chi connectivity index (χ0v) is 16.1. The van der Waals surface area contributed by atoms with Gasteiger partial charge in [0.05, 0.1) is 11.4 Å². The lowest BCUT2D eigenvalue weighted by Gasteiger charge is -2.22. The van der Waals surface area contributed by atoms with Gasteiger partial charge >= 0.3 is 0 Å². The van der Waals surface area contributed by atoms with Crippen LogP contribution in [-0.4, -0.2) is 33.7 Å². The van der Waals surface area contributed by atoms with Crippen LogP contribution < -0.4 is 10.6 Å². The number of amides is 2. The first kappa shape index (κ1) is 20.5. The Hall–Kier alpha value is -3.20. The molecule has 29 heavy (non-hydrogen) atoms. The first-order valence-corrected chi connectivity index (χ1v) is 9.69. The zero-order chi connectivity index (χ0) is 20.8. The summed E-state index contributed by atoms with van der Waals surface area (Å²) in [5.41, 5.74) is 6.25. The predicted octanol–water partition coefficient (Wildman–Crippen LogP) is 3.15. The molecule has 0 unspecified atom stereocenters. The quantitative estimate of drug-likeness (QED) is 0.572. The molecule has 2 amide bonds. The highest BCUT2D eigenvalue weighted by Crippen LogP contribution is 2.23. The van der Waals surface area contributed by atoms with E-state index in [0.717, 1.165) is 0 Å². The lowest BCUT2D eigenvalue weighted by Crippen LogP contribution is -2.35. The third kappa shape index (κ3) is 5.41. The standard InChI is InChI=1S/C20H18F2N4O2S/c21-14-4-6-16(7-5-14)25(10-8-18(23)27)19(28)13-29-20-24-9-11-26(20)17-3-1-2-15(22)12-17/h1-7,9,11-12H,8,10,13H2,(H2,23,27). The van der Waals surface area contributed by atoms with Crippen LogP contribution in [0, 0.1) is 11.6 Å². The number of thioether (sulfide) groups is 1. The van der Waals surface area contributed by atoms with E-state index in [-0.39, 0.29) is 30.4 Å². The minimum atomic E-state index is -0.542. The number of hydrogen-bond acceptors (Lipinski definition) is 4. The van der Waals surface area contributed by atoms with Crippen molar-refractivity contribution in [3.63, 3.8) is 0 Å². The van der Waals surface area contributed by atoms with Gasteiger partial charge in [-0.2, -0.15) is 0 Å². The van der Waals surface area contributed by atoms with Gasteiger partial charge in [0.1, 0.15) is 11.6 Å². The van der Waals surface area contributed by atoms with Crippen LogP contribution in [0.15, 0.2) is 66.1 Å². The van der Waals surface area contributed by atoms with E-state index < -0.39 is 11.7 Å². The number of hydrogen-bond donors (Lipinski definition) is 1. The molecule has 6 nitrogen and oxygen atoms in total. The molecule has 0 aliphatic rings. The van der Waals surface area contributed by atoms with Crippen LogP contribution in [0.25, 0.3) is 5.69 Å². The molecule has 9 heteroatoms. The highest BCUT2D eigenvalue weighted by atomic mass is 32.2. The van der Waals surface area contributed by atoms with Crippen molar-refractivity contribution in [3.05, 3.63) is 72.6 Å². The fourth-order valence-corrected chi connectivity index (χ4v) is 3.51. The fourth-order valence-electron chi connectivity index (χ4n) is 2.66. The summed E-state index contributed by atoms with van der Waals surface area (Å²) < 4.78 is 28.4. The molecule has 0 aliphatic heterocycles. The van der Waals surface area contributed by atoms with Gasteiger partial charge in [0.25, 0.3) is 0 Å². The van der Waals surface area contributed by atoms with Crippen molar-refractivity contribution in [2.75, 3.05) is 17.2 Å². The van der Waals surface area contributed by atoms with Gasteiger partial charge in [-0.1, -0.05) is 17.8 Å². The average Bonchev–Trinajstić information content (AvgIpc) is 3.16. The van der Waals surface area contributed by atoms with Gasteiger partial charge in [-0.05, 0) is 42.5 Å². The van der Waals surface area contributed by atoms with Crippen molar-refractivity contribution in [2.45, 2.75) is 11.6 Å². The van der Waals surface area contributed by atoms with E-state index in [1.54, 1.807) is 29.1 Å². The monoisotopic (exact) mass is 416 g/mol. The van der Waals surface area contributed by atoms with Crippen LogP contribution >= 0.6 is 11.8 Å². The molecule has 150 valence electrons. The third-order valence-electron chi connectivity index (χ3n) is 4.04. The Labute approximate surface area is 170 Å². The summed E-state index contributed by atoms with van der Waals surface area (Å²) in [4.78, 5) is 29.6. The molecule has 1 aromatic heterocycles. The van der Waals surface area contributed by atoms with Crippen LogP contribution in [0.2, 0.25) is 0 Å². The molecular weight excluding hydrogens is 398 g/mol. The summed E-state index contributed by atoms with van der Waals surface area (Å²) in [6, 6.07) is 11.4. The van der Waals surface area contributed by atoms with E-state index >= 15 is 0 Å². The maximum Gasteiger partial charge on any atom is 0.237 e. The maximum absolute atomic E-state index is 13.5. The minimum absolute atomic E-state index is 0.0163. The van der Waals surface area contributed by atoms with Crippen LogP contribution in [0.4, 0.5) is 14.5 Å². The second-order valence-corrected chi connectivity index (χ2v) is 7.03. The SMILES string of the molecule is NC(=O)CCN(C(=O)CSc1nccn1-c1cccc(F)c1)c1ccc(F)cc1. The third-order valence-corrected chi connectivity index (χ3v) is 4.99. The summed E-state index contributed by atoms with van der Waals surface area (Å²) in [6.45, 7) is 0.0820. The minimum Gasteiger partial charge on any atom is -0.370 e. The number of primary amides is 1. The van der Waals surface area contributed by atoms with Crippen molar-refractivity contribution in [2.24, 2.45) is 5.73 Å². The molecule has 2 N–H and O–H groups in total. The van der Waals surface area contributed by atoms with Gasteiger partial charge in [0, 0.05) is 31.0 Å². The normalized spacial score (nSPS) is 10.7. The molecule has 0 radical (unpaired) electrons. The Kier molecular flexibility index (Phi) is 6.61. The molecular formula is C20H18F2N4O2S. The molecule has 3 rings (SSSR count). The van der Waals surface area contributed by atoms with Gasteiger partial charge in [-0.3, -0.25) is 14.2 Å². The maximum atomic E-state index is 13.5. The number of nitrogens with zero attached hydrogens (tertiary/aromatic N) is 3. The fraction of sp³-hybridized carbons (Fsp3) is 0.150. The van der Waals surface area contributed by atoms with Crippen LogP contribution in [0.5, 0.6) is 0 Å². The lowest BCUT2D eigenvalue weighted by atomic mass is 10.2. The Morgan fingerprint density at radius 3 is 2.55 bits per heavy atom. The molecule has 0 aliphatic carbocycles. The Morgan fingerprint density at radius 2 is 1.86 bits per heavy atom. The lowest BCUT2D eigenvalue weighted by molar-refractivity contribution is -0.118. The van der Waals surface area contributed by atoms with Gasteiger partial charge in [-0.15, -0.1) is 0 Å². The van der Waals surface area contributed by atoms with Crippen LogP contribution in [0.3, 0.4) is 0 Å². The number of anilines is 1. The van der Waals surface area contributed by atoms with Crippen molar-refractivity contribution in [1.82, 2.24) is 9.55 Å². The topological polar surface area (TPSA) is 81.2 Å². The number of carbonyl (C=O) groups is 2. The molecule has 0 fully saturated rings. The van der Waals surface area contributed by atoms with Gasteiger partial charge < -0.3 is 10.6 Å². The first-order chi connectivity index (χ1) is 13.9. The molecule has 3 aromatic rings. The number of nitrogens with two attached hydrogens (primary N) is 1. The Balaban J connectivity index is 1.74. The Bertz CT molecular complexity index is 1010. The summed E-state index contributed by atoms with van der Waals surface area (Å²) in [5, 5.41) is 0.512. The van der Waals surface area contributed by atoms with E-state index in [1.807, 2.05) is 0 Å². The number of carbonyl (C=O) groups excluding carboxylic acids is 2. The van der Waals surface area contributed by atoms with Crippen molar-refractivity contribution in [1.29, 1.82) is 0 Å². The molecule has 0 atom stereocenters. The predicted molar refractivity (Wildman–Crippen MR) is 107 cm³/mol. The molecule has 0 spiro atoms. The number of rotatable bonds is 8. The molecule has 0 saturated heterocycles. The average molecular weight is 416 g/mol. The van der Waals surface area contributed by atoms with Crippen LogP contribution in [0.1, 0.15) is 6.42 Å². The van der Waals surface area contributed by atoms with E-state index in [0.29, 0.717) is 16.5 Å².